The number of H-pyrrole nitrogens is 1. The molecular weight excluding hydrogens is 436 g/mol. The summed E-state index contributed by atoms with van der Waals surface area (Å²) < 4.78 is 50.7. The first-order valence-electron chi connectivity index (χ1n) is 10.2. The highest BCUT2D eigenvalue weighted by atomic mass is 32.2. The third-order valence-corrected chi connectivity index (χ3v) is 9.51. The minimum absolute atomic E-state index is 0.0157. The first-order valence-corrected chi connectivity index (χ1v) is 13.5. The summed E-state index contributed by atoms with van der Waals surface area (Å²) in [6, 6.07) is 6.84. The topological polar surface area (TPSA) is 113 Å². The molecule has 1 fully saturated rings. The molecule has 1 saturated heterocycles. The lowest BCUT2D eigenvalue weighted by Crippen LogP contribution is -2.42. The third kappa shape index (κ3) is 4.24. The molecule has 0 saturated carbocycles. The normalized spacial score (nSPS) is 17.6. The number of sulfonamides is 1. The molecule has 0 bridgehead atoms. The molecule has 1 aliphatic rings. The van der Waals surface area contributed by atoms with Crippen LogP contribution in [0.1, 0.15) is 38.3 Å². The Kier molecular flexibility index (Phi) is 5.65. The van der Waals surface area contributed by atoms with E-state index in [1.807, 2.05) is 6.07 Å². The van der Waals surface area contributed by atoms with Gasteiger partial charge in [-0.2, -0.15) is 4.31 Å². The Morgan fingerprint density at radius 1 is 1.13 bits per heavy atom. The van der Waals surface area contributed by atoms with Crippen LogP contribution in [0.3, 0.4) is 0 Å². The SMILES string of the molecule is CC(C)c1cc2c(-c3ccc(S(=O)(=O)N(C)C4CCS(=O)(=O)CC4)cn3)ccnc2[nH]1. The lowest BCUT2D eigenvalue weighted by molar-refractivity contribution is 0.342. The molecule has 1 aliphatic heterocycles. The number of nitrogens with one attached hydrogen (secondary N) is 1. The van der Waals surface area contributed by atoms with Gasteiger partial charge in [-0.25, -0.2) is 21.8 Å². The van der Waals surface area contributed by atoms with Crippen LogP contribution >= 0.6 is 0 Å². The first-order chi connectivity index (χ1) is 14.6. The predicted octanol–water partition coefficient (Wildman–Crippen LogP) is 2.95. The van der Waals surface area contributed by atoms with Gasteiger partial charge >= 0.3 is 0 Å². The summed E-state index contributed by atoms with van der Waals surface area (Å²) in [7, 11) is -5.32. The molecule has 4 rings (SSSR count). The molecule has 1 N–H and O–H groups in total. The van der Waals surface area contributed by atoms with Gasteiger partial charge in [0.2, 0.25) is 10.0 Å². The van der Waals surface area contributed by atoms with Crippen molar-refractivity contribution in [3.8, 4) is 11.3 Å². The number of hydrogen-bond donors (Lipinski definition) is 1. The molecule has 4 heterocycles. The van der Waals surface area contributed by atoms with Gasteiger partial charge in [-0.1, -0.05) is 13.8 Å². The third-order valence-electron chi connectivity index (χ3n) is 5.90. The fraction of sp³-hybridized carbons (Fsp3) is 0.429. The zero-order valence-corrected chi connectivity index (χ0v) is 19.4. The minimum atomic E-state index is -3.77. The van der Waals surface area contributed by atoms with E-state index in [1.54, 1.807) is 18.3 Å². The second-order valence-corrected chi connectivity index (χ2v) is 12.6. The molecule has 0 amide bonds. The Bertz CT molecular complexity index is 1300. The molecule has 10 heteroatoms. The second-order valence-electron chi connectivity index (χ2n) is 8.28. The standard InChI is InChI=1S/C21H26N4O4S2/c1-14(2)20-12-18-17(6-9-22-21(18)24-20)19-5-4-16(13-23-19)31(28,29)25(3)15-7-10-30(26,27)11-8-15/h4-6,9,12-15H,7-8,10-11H2,1-3H3,(H,22,24). The average molecular weight is 463 g/mol. The van der Waals surface area contributed by atoms with Crippen molar-refractivity contribution in [2.45, 2.75) is 43.5 Å². The molecule has 0 aromatic carbocycles. The van der Waals surface area contributed by atoms with Crippen LogP contribution in [-0.4, -0.2) is 60.7 Å². The van der Waals surface area contributed by atoms with Gasteiger partial charge in [-0.3, -0.25) is 4.98 Å². The van der Waals surface area contributed by atoms with Crippen molar-refractivity contribution >= 4 is 30.9 Å². The molecule has 0 radical (unpaired) electrons. The monoisotopic (exact) mass is 462 g/mol. The maximum Gasteiger partial charge on any atom is 0.244 e. The Morgan fingerprint density at radius 2 is 1.84 bits per heavy atom. The van der Waals surface area contributed by atoms with Crippen molar-refractivity contribution in [3.63, 3.8) is 0 Å². The van der Waals surface area contributed by atoms with E-state index in [2.05, 4.69) is 34.9 Å². The van der Waals surface area contributed by atoms with Crippen molar-refractivity contribution in [1.29, 1.82) is 0 Å². The zero-order chi connectivity index (χ0) is 22.4. The number of pyridine rings is 2. The van der Waals surface area contributed by atoms with Crippen LogP contribution in [0.5, 0.6) is 0 Å². The number of rotatable bonds is 5. The van der Waals surface area contributed by atoms with Gasteiger partial charge in [-0.05, 0) is 43.0 Å². The van der Waals surface area contributed by atoms with Crippen LogP contribution in [0.2, 0.25) is 0 Å². The lowest BCUT2D eigenvalue weighted by atomic mass is 10.1. The van der Waals surface area contributed by atoms with E-state index in [0.29, 0.717) is 24.5 Å². The van der Waals surface area contributed by atoms with Gasteiger partial charge < -0.3 is 4.98 Å². The lowest BCUT2D eigenvalue weighted by Gasteiger charge is -2.30. The van der Waals surface area contributed by atoms with Gasteiger partial charge in [-0.15, -0.1) is 0 Å². The molecule has 0 unspecified atom stereocenters. The average Bonchev–Trinajstić information content (AvgIpc) is 3.18. The number of hydrogen-bond acceptors (Lipinski definition) is 6. The molecule has 0 spiro atoms. The van der Waals surface area contributed by atoms with E-state index >= 15 is 0 Å². The van der Waals surface area contributed by atoms with E-state index in [-0.39, 0.29) is 22.4 Å². The molecule has 0 atom stereocenters. The number of nitrogens with zero attached hydrogens (tertiary/aromatic N) is 3. The van der Waals surface area contributed by atoms with E-state index < -0.39 is 19.9 Å². The fourth-order valence-electron chi connectivity index (χ4n) is 3.88. The molecule has 8 nitrogen and oxygen atoms in total. The highest BCUT2D eigenvalue weighted by Crippen LogP contribution is 2.30. The Balaban J connectivity index is 1.62. The molecule has 0 aliphatic carbocycles. The van der Waals surface area contributed by atoms with Gasteiger partial charge in [0.05, 0.1) is 17.2 Å². The van der Waals surface area contributed by atoms with Crippen LogP contribution in [0.15, 0.2) is 41.6 Å². The highest BCUT2D eigenvalue weighted by Gasteiger charge is 2.33. The van der Waals surface area contributed by atoms with Gasteiger partial charge in [0.25, 0.3) is 0 Å². The Labute approximate surface area is 182 Å². The number of aromatic nitrogens is 3. The van der Waals surface area contributed by atoms with Crippen LogP contribution in [0.25, 0.3) is 22.3 Å². The van der Waals surface area contributed by atoms with Gasteiger partial charge in [0.15, 0.2) is 0 Å². The number of sulfone groups is 1. The summed E-state index contributed by atoms with van der Waals surface area (Å²) >= 11 is 0. The zero-order valence-electron chi connectivity index (χ0n) is 17.7. The molecule has 3 aromatic rings. The van der Waals surface area contributed by atoms with Crippen LogP contribution in [-0.2, 0) is 19.9 Å². The first kappa shape index (κ1) is 21.9. The van der Waals surface area contributed by atoms with Crippen molar-refractivity contribution in [2.75, 3.05) is 18.6 Å². The summed E-state index contributed by atoms with van der Waals surface area (Å²) in [4.78, 5) is 12.2. The summed E-state index contributed by atoms with van der Waals surface area (Å²) in [5.74, 6) is 0.358. The highest BCUT2D eigenvalue weighted by molar-refractivity contribution is 7.91. The van der Waals surface area contributed by atoms with E-state index in [0.717, 1.165) is 22.3 Å². The van der Waals surface area contributed by atoms with Crippen LogP contribution in [0, 0.1) is 0 Å². The molecular formula is C21H26N4O4S2. The quantitative estimate of drug-likeness (QED) is 0.624. The van der Waals surface area contributed by atoms with Crippen molar-refractivity contribution in [2.24, 2.45) is 0 Å². The van der Waals surface area contributed by atoms with Crippen molar-refractivity contribution < 1.29 is 16.8 Å². The fourth-order valence-corrected chi connectivity index (χ4v) is 6.71. The second kappa shape index (κ2) is 7.99. The molecule has 31 heavy (non-hydrogen) atoms. The maximum atomic E-state index is 13.1. The molecule has 3 aromatic heterocycles. The van der Waals surface area contributed by atoms with Crippen molar-refractivity contribution in [3.05, 3.63) is 42.4 Å². The number of fused-ring (bicyclic) bond motifs is 1. The summed E-state index contributed by atoms with van der Waals surface area (Å²) in [5, 5.41) is 0.940. The van der Waals surface area contributed by atoms with Gasteiger partial charge in [0, 0.05) is 42.1 Å². The smallest absolute Gasteiger partial charge is 0.244 e. The van der Waals surface area contributed by atoms with Crippen LogP contribution in [0.4, 0.5) is 0 Å². The minimum Gasteiger partial charge on any atom is -0.343 e. The largest absolute Gasteiger partial charge is 0.343 e. The van der Waals surface area contributed by atoms with E-state index in [9.17, 15) is 16.8 Å². The van der Waals surface area contributed by atoms with E-state index in [1.165, 1.54) is 17.5 Å². The number of aromatic amines is 1. The van der Waals surface area contributed by atoms with Crippen molar-refractivity contribution in [1.82, 2.24) is 19.3 Å². The predicted molar refractivity (Wildman–Crippen MR) is 120 cm³/mol. The van der Waals surface area contributed by atoms with E-state index in [4.69, 9.17) is 0 Å². The summed E-state index contributed by atoms with van der Waals surface area (Å²) in [6.07, 6.45) is 3.69. The maximum absolute atomic E-state index is 13.1. The Morgan fingerprint density at radius 3 is 2.45 bits per heavy atom. The van der Waals surface area contributed by atoms with Gasteiger partial charge in [0.1, 0.15) is 20.4 Å². The summed E-state index contributed by atoms with van der Waals surface area (Å²) in [5.41, 5.74) is 3.38. The summed E-state index contributed by atoms with van der Waals surface area (Å²) in [6.45, 7) is 4.20. The molecule has 166 valence electrons. The van der Waals surface area contributed by atoms with Crippen LogP contribution < -0.4 is 0 Å². The Hall–Kier alpha value is -2.30.